The Kier molecular flexibility index (Phi) is 7.08. The number of nitrogens with one attached hydrogen (secondary N) is 1. The van der Waals surface area contributed by atoms with E-state index in [9.17, 15) is 8.42 Å². The molecule has 0 radical (unpaired) electrons. The molecule has 4 aromatic rings. The molecule has 0 unspecified atom stereocenters. The molecule has 33 heavy (non-hydrogen) atoms. The van der Waals surface area contributed by atoms with Crippen LogP contribution in [0.3, 0.4) is 0 Å². The molecule has 0 bridgehead atoms. The maximum Gasteiger partial charge on any atom is 0.137 e. The Morgan fingerprint density at radius 1 is 0.848 bits per heavy atom. The lowest BCUT2D eigenvalue weighted by molar-refractivity contribution is 0.404. The van der Waals surface area contributed by atoms with Gasteiger partial charge in [0.25, 0.3) is 0 Å². The van der Waals surface area contributed by atoms with Crippen LogP contribution in [0.4, 0.5) is 0 Å². The summed E-state index contributed by atoms with van der Waals surface area (Å²) in [7, 11) is -1.35. The Balaban J connectivity index is 1.74. The molecule has 0 fully saturated rings. The lowest BCUT2D eigenvalue weighted by Crippen LogP contribution is -2.45. The topological polar surface area (TPSA) is 55.4 Å². The molecule has 0 aliphatic rings. The van der Waals surface area contributed by atoms with Crippen LogP contribution in [0.2, 0.25) is 0 Å². The highest BCUT2D eigenvalue weighted by Crippen LogP contribution is 2.33. The molecule has 0 aliphatic carbocycles. The number of ether oxygens (including phenoxy) is 1. The van der Waals surface area contributed by atoms with Crippen LogP contribution in [0.15, 0.2) is 101 Å². The van der Waals surface area contributed by atoms with E-state index in [4.69, 9.17) is 4.74 Å². The van der Waals surface area contributed by atoms with Gasteiger partial charge in [-0.15, -0.1) is 0 Å². The van der Waals surface area contributed by atoms with Crippen molar-refractivity contribution in [3.05, 3.63) is 102 Å². The van der Waals surface area contributed by atoms with Crippen molar-refractivity contribution in [2.75, 3.05) is 12.9 Å². The summed E-state index contributed by atoms with van der Waals surface area (Å²) < 4.78 is 36.0. The van der Waals surface area contributed by atoms with E-state index in [1.165, 1.54) is 0 Å². The Bertz CT molecular complexity index is 1310. The third-order valence-electron chi connectivity index (χ3n) is 5.68. The van der Waals surface area contributed by atoms with E-state index in [2.05, 4.69) is 4.72 Å². The van der Waals surface area contributed by atoms with E-state index < -0.39 is 27.3 Å². The van der Waals surface area contributed by atoms with Gasteiger partial charge < -0.3 is 4.74 Å². The standard InChI is InChI=1S/C27H27NO3S2/c1-20-13-16-23(17-14-20)32(29)19-27(2,22-10-5-4-6-11-22)28-33(30)26-24-12-8-7-9-21(24)15-18-25(26)31-3/h4-18,28H,19H2,1-3H3/t27-,32-,33-/m1/s1. The molecule has 0 spiro atoms. The van der Waals surface area contributed by atoms with Crippen molar-refractivity contribution in [1.29, 1.82) is 0 Å². The van der Waals surface area contributed by atoms with Gasteiger partial charge in [-0.25, -0.2) is 8.93 Å². The number of rotatable bonds is 8. The monoisotopic (exact) mass is 477 g/mol. The van der Waals surface area contributed by atoms with Gasteiger partial charge in [-0.05, 0) is 43.0 Å². The van der Waals surface area contributed by atoms with Gasteiger partial charge in [0.15, 0.2) is 0 Å². The summed E-state index contributed by atoms with van der Waals surface area (Å²) in [5.41, 5.74) is 1.21. The van der Waals surface area contributed by atoms with E-state index in [1.54, 1.807) is 7.11 Å². The van der Waals surface area contributed by atoms with Crippen LogP contribution in [-0.4, -0.2) is 21.3 Å². The van der Waals surface area contributed by atoms with E-state index in [1.807, 2.05) is 105 Å². The molecule has 0 saturated heterocycles. The predicted molar refractivity (Wildman–Crippen MR) is 136 cm³/mol. The molecule has 0 aliphatic heterocycles. The predicted octanol–water partition coefficient (Wildman–Crippen LogP) is 5.49. The Morgan fingerprint density at radius 3 is 2.21 bits per heavy atom. The van der Waals surface area contributed by atoms with Crippen molar-refractivity contribution in [3.8, 4) is 5.75 Å². The van der Waals surface area contributed by atoms with Crippen LogP contribution in [0.25, 0.3) is 10.8 Å². The molecule has 3 atom stereocenters. The van der Waals surface area contributed by atoms with Gasteiger partial charge >= 0.3 is 0 Å². The average Bonchev–Trinajstić information content (AvgIpc) is 2.84. The molecule has 4 nitrogen and oxygen atoms in total. The van der Waals surface area contributed by atoms with Crippen molar-refractivity contribution in [2.45, 2.75) is 29.2 Å². The van der Waals surface area contributed by atoms with Gasteiger partial charge in [-0.2, -0.15) is 0 Å². The number of aryl methyl sites for hydroxylation is 1. The fraction of sp³-hybridized carbons (Fsp3) is 0.185. The summed E-state index contributed by atoms with van der Waals surface area (Å²) in [6.45, 7) is 3.95. The maximum atomic E-state index is 13.8. The van der Waals surface area contributed by atoms with Crippen LogP contribution >= 0.6 is 0 Å². The van der Waals surface area contributed by atoms with Gasteiger partial charge in [0.1, 0.15) is 21.6 Å². The van der Waals surface area contributed by atoms with E-state index in [0.717, 1.165) is 26.8 Å². The Morgan fingerprint density at radius 2 is 1.52 bits per heavy atom. The maximum absolute atomic E-state index is 13.8. The molecule has 0 aromatic heterocycles. The van der Waals surface area contributed by atoms with Gasteiger partial charge in [-0.1, -0.05) is 78.4 Å². The highest BCUT2D eigenvalue weighted by atomic mass is 32.2. The lowest BCUT2D eigenvalue weighted by atomic mass is 9.96. The third-order valence-corrected chi connectivity index (χ3v) is 8.75. The molecule has 6 heteroatoms. The minimum absolute atomic E-state index is 0.263. The summed E-state index contributed by atoms with van der Waals surface area (Å²) >= 11 is 0. The average molecular weight is 478 g/mol. The highest BCUT2D eigenvalue weighted by molar-refractivity contribution is 7.85. The highest BCUT2D eigenvalue weighted by Gasteiger charge is 2.33. The van der Waals surface area contributed by atoms with E-state index in [0.29, 0.717) is 10.6 Å². The van der Waals surface area contributed by atoms with Crippen molar-refractivity contribution in [2.24, 2.45) is 0 Å². The SMILES string of the molecule is COc1ccc2ccccc2c1[S@@](=O)N[C@](C)(C[S@@](=O)c1ccc(C)cc1)c1ccccc1. The minimum Gasteiger partial charge on any atom is -0.495 e. The first-order chi connectivity index (χ1) is 15.9. The minimum atomic E-state index is -1.63. The van der Waals surface area contributed by atoms with Crippen molar-refractivity contribution < 1.29 is 13.2 Å². The van der Waals surface area contributed by atoms with E-state index >= 15 is 0 Å². The number of fused-ring (bicyclic) bond motifs is 1. The first-order valence-electron chi connectivity index (χ1n) is 10.7. The number of methoxy groups -OCH3 is 1. The summed E-state index contributed by atoms with van der Waals surface area (Å²) in [6, 6.07) is 29.0. The third kappa shape index (κ3) is 5.08. The summed E-state index contributed by atoms with van der Waals surface area (Å²) in [5.74, 6) is 0.813. The molecule has 4 aromatic carbocycles. The fourth-order valence-electron chi connectivity index (χ4n) is 3.84. The zero-order valence-electron chi connectivity index (χ0n) is 18.9. The van der Waals surface area contributed by atoms with Crippen molar-refractivity contribution >= 4 is 32.6 Å². The quantitative estimate of drug-likeness (QED) is 0.365. The largest absolute Gasteiger partial charge is 0.495 e. The summed E-state index contributed by atoms with van der Waals surface area (Å²) in [6.07, 6.45) is 0. The molecule has 0 amide bonds. The first-order valence-corrected chi connectivity index (χ1v) is 13.1. The molecule has 0 saturated carbocycles. The molecule has 0 heterocycles. The molecular weight excluding hydrogens is 450 g/mol. The fourth-order valence-corrected chi connectivity index (χ4v) is 6.73. The summed E-state index contributed by atoms with van der Waals surface area (Å²) in [4.78, 5) is 1.33. The normalized spacial score (nSPS) is 15.0. The second-order valence-electron chi connectivity index (χ2n) is 8.19. The molecule has 1 N–H and O–H groups in total. The van der Waals surface area contributed by atoms with Gasteiger partial charge in [-0.3, -0.25) is 4.21 Å². The molecular formula is C27H27NO3S2. The molecule has 4 rings (SSSR count). The van der Waals surface area contributed by atoms with Crippen molar-refractivity contribution in [3.63, 3.8) is 0 Å². The van der Waals surface area contributed by atoms with Crippen LogP contribution in [-0.2, 0) is 27.3 Å². The zero-order valence-corrected chi connectivity index (χ0v) is 20.5. The smallest absolute Gasteiger partial charge is 0.137 e. The second-order valence-corrected chi connectivity index (χ2v) is 10.8. The number of hydrogen-bond acceptors (Lipinski definition) is 3. The van der Waals surface area contributed by atoms with Crippen LogP contribution < -0.4 is 9.46 Å². The van der Waals surface area contributed by atoms with Crippen LogP contribution in [0.5, 0.6) is 5.75 Å². The van der Waals surface area contributed by atoms with Crippen LogP contribution in [0.1, 0.15) is 18.1 Å². The second kappa shape index (κ2) is 10.00. The number of benzene rings is 4. The Hall–Kier alpha value is -2.80. The van der Waals surface area contributed by atoms with Crippen molar-refractivity contribution in [1.82, 2.24) is 4.72 Å². The van der Waals surface area contributed by atoms with Crippen LogP contribution in [0, 0.1) is 6.92 Å². The van der Waals surface area contributed by atoms with E-state index in [-0.39, 0.29) is 5.75 Å². The lowest BCUT2D eigenvalue weighted by Gasteiger charge is -2.31. The number of hydrogen-bond donors (Lipinski definition) is 1. The zero-order chi connectivity index (χ0) is 23.4. The summed E-state index contributed by atoms with van der Waals surface area (Å²) in [5, 5.41) is 1.84. The molecule has 170 valence electrons. The Labute approximate surface area is 200 Å². The first kappa shape index (κ1) is 23.4. The van der Waals surface area contributed by atoms with Gasteiger partial charge in [0.2, 0.25) is 0 Å². The van der Waals surface area contributed by atoms with Gasteiger partial charge in [0.05, 0.1) is 29.2 Å². The van der Waals surface area contributed by atoms with Gasteiger partial charge in [0, 0.05) is 10.3 Å².